The average Bonchev–Trinajstić information content (AvgIpc) is 3.25. The van der Waals surface area contributed by atoms with Crippen LogP contribution in [0.3, 0.4) is 0 Å². The Kier molecular flexibility index (Phi) is 16.6. The first-order valence-electron chi connectivity index (χ1n) is 20.0. The molecule has 0 unspecified atom stereocenters. The van der Waals surface area contributed by atoms with Crippen LogP contribution in [0.2, 0.25) is 5.02 Å². The zero-order valence-electron chi connectivity index (χ0n) is 34.7. The molecule has 5 rings (SSSR count). The molecular weight excluding hydrogens is 947 g/mol. The summed E-state index contributed by atoms with van der Waals surface area (Å²) < 4.78 is 5.25. The number of nitrogens with one attached hydrogen (secondary N) is 4. The fraction of sp³-hybridized carbons (Fsp3) is 0.311. The number of benzene rings is 4. The summed E-state index contributed by atoms with van der Waals surface area (Å²) in [5.74, 6) is -5.04. The number of amides is 5. The van der Waals surface area contributed by atoms with E-state index in [1.54, 1.807) is 71.1 Å². The molecule has 8 N–H and O–H groups in total. The second kappa shape index (κ2) is 21.8. The molecule has 4 aromatic carbocycles. The van der Waals surface area contributed by atoms with Gasteiger partial charge >= 0.3 is 5.97 Å². The molecule has 1 heterocycles. The molecule has 4 aromatic rings. The molecule has 4 bridgehead atoms. The number of carbonyl (C=O) groups excluding carboxylic acids is 6. The van der Waals surface area contributed by atoms with Crippen LogP contribution >= 0.6 is 34.2 Å². The third kappa shape index (κ3) is 12.5. The summed E-state index contributed by atoms with van der Waals surface area (Å²) in [7, 11) is 1.37. The van der Waals surface area contributed by atoms with E-state index in [2.05, 4.69) is 21.3 Å². The maximum absolute atomic E-state index is 14.6. The van der Waals surface area contributed by atoms with Crippen LogP contribution in [-0.2, 0) is 35.2 Å². The predicted octanol–water partition coefficient (Wildman–Crippen LogP) is 4.28. The second-order valence-electron chi connectivity index (χ2n) is 15.1. The number of carbonyl (C=O) groups is 7. The molecule has 0 spiro atoms. The number of unbranched alkanes of at least 4 members (excludes halogenated alkanes) is 1. The van der Waals surface area contributed by atoms with Crippen LogP contribution in [0.1, 0.15) is 60.6 Å². The Morgan fingerprint density at radius 1 is 0.905 bits per heavy atom. The highest BCUT2D eigenvalue weighted by molar-refractivity contribution is 14.1. The van der Waals surface area contributed by atoms with Gasteiger partial charge in [-0.1, -0.05) is 48.0 Å². The Morgan fingerprint density at radius 2 is 1.57 bits per heavy atom. The minimum Gasteiger partial charge on any atom is -0.507 e. The van der Waals surface area contributed by atoms with Crippen molar-refractivity contribution < 1.29 is 48.5 Å². The van der Waals surface area contributed by atoms with Crippen LogP contribution in [-0.4, -0.2) is 98.8 Å². The zero-order chi connectivity index (χ0) is 46.0. The number of aromatic hydroxyl groups is 1. The number of ether oxygens (including phenoxy) is 1. The van der Waals surface area contributed by atoms with E-state index in [0.717, 1.165) is 16.0 Å². The molecule has 1 aliphatic rings. The molecule has 0 fully saturated rings. The highest BCUT2D eigenvalue weighted by Gasteiger charge is 2.36. The van der Waals surface area contributed by atoms with Gasteiger partial charge in [0.2, 0.25) is 27.4 Å². The molecule has 18 heteroatoms. The van der Waals surface area contributed by atoms with Crippen molar-refractivity contribution in [3.63, 3.8) is 0 Å². The summed E-state index contributed by atoms with van der Waals surface area (Å²) in [6.07, 6.45) is 1.01. The van der Waals surface area contributed by atoms with E-state index in [-0.39, 0.29) is 50.4 Å². The zero-order valence-corrected chi connectivity index (χ0v) is 37.6. The first kappa shape index (κ1) is 48.0. The lowest BCUT2D eigenvalue weighted by atomic mass is 9.93. The Balaban J connectivity index is 1.55. The topological polar surface area (TPSA) is 247 Å². The number of rotatable bonds is 15. The summed E-state index contributed by atoms with van der Waals surface area (Å²) in [5, 5.41) is 32.0. The maximum Gasteiger partial charge on any atom is 0.341 e. The van der Waals surface area contributed by atoms with E-state index in [4.69, 9.17) is 22.1 Å². The number of hydrogen-bond donors (Lipinski definition) is 7. The van der Waals surface area contributed by atoms with Gasteiger partial charge in [-0.05, 0) is 110 Å². The number of likely N-dealkylation sites (N-methyl/N-ethyl adjacent to an activating group) is 1. The SMILES string of the molecule is C[C@H](NC(=O)[C@@H]1Cc2ccc(OCC(=O)O)c(c2)-c2cc(ccc2O)[C@H](N(C)C(=O)[C@H](CCCCN)NC(=O)c2ccc(-c3ccc(Cl)cc3)cc2)C(=O)N[C@@H](C)C(=O)N1)C(=O)I. The van der Waals surface area contributed by atoms with Crippen molar-refractivity contribution >= 4 is 73.5 Å². The standard InChI is InChI=1S/C45H48ClIN6O10/c1-24(40(47)57)49-43(60)35-21-26-7-18-37(63-23-38(55)56)33(20-26)32-22-30(14-17-36(32)54)39(44(61)50-25(2)41(58)52-35)53(3)45(62)34(6-4-5-19-48)51-42(59)29-10-8-27(9-11-29)28-12-15-31(46)16-13-28/h7-18,20,22,24-25,34-35,39,54H,4-6,19,21,23,48H2,1-3H3,(H,49,60)(H,50,61)(H,51,59)(H,52,58)(H,55,56)/t24-,25-,34-,35-,39-/m0/s1. The molecule has 5 atom stereocenters. The molecule has 332 valence electrons. The maximum atomic E-state index is 14.6. The predicted molar refractivity (Wildman–Crippen MR) is 243 cm³/mol. The highest BCUT2D eigenvalue weighted by Crippen LogP contribution is 2.39. The minimum absolute atomic E-state index is 0.0257. The Bertz CT molecular complexity index is 2360. The van der Waals surface area contributed by atoms with Crippen LogP contribution in [0.15, 0.2) is 84.9 Å². The summed E-state index contributed by atoms with van der Waals surface area (Å²) in [6.45, 7) is 2.46. The van der Waals surface area contributed by atoms with Crippen LogP contribution < -0.4 is 31.7 Å². The number of nitrogens with zero attached hydrogens (tertiary/aromatic N) is 1. The van der Waals surface area contributed by atoms with Crippen molar-refractivity contribution in [2.24, 2.45) is 5.73 Å². The van der Waals surface area contributed by atoms with Gasteiger partial charge in [0.1, 0.15) is 35.7 Å². The number of halogens is 2. The van der Waals surface area contributed by atoms with Crippen LogP contribution in [0, 0.1) is 0 Å². The summed E-state index contributed by atoms with van der Waals surface area (Å²) >= 11 is 7.59. The van der Waals surface area contributed by atoms with Gasteiger partial charge in [0.15, 0.2) is 6.61 Å². The van der Waals surface area contributed by atoms with Gasteiger partial charge in [0, 0.05) is 57.8 Å². The molecule has 0 saturated heterocycles. The number of phenolic OH excluding ortho intramolecular Hbond substituents is 1. The first-order chi connectivity index (χ1) is 30.0. The van der Waals surface area contributed by atoms with Gasteiger partial charge < -0.3 is 46.9 Å². The third-order valence-electron chi connectivity index (χ3n) is 10.4. The quantitative estimate of drug-likeness (QED) is 0.0504. The lowest BCUT2D eigenvalue weighted by molar-refractivity contribution is -0.141. The van der Waals surface area contributed by atoms with Crippen LogP contribution in [0.25, 0.3) is 22.3 Å². The van der Waals surface area contributed by atoms with Gasteiger partial charge in [0.05, 0.1) is 6.04 Å². The molecule has 0 radical (unpaired) electrons. The molecule has 1 aliphatic heterocycles. The lowest BCUT2D eigenvalue weighted by Crippen LogP contribution is -2.56. The largest absolute Gasteiger partial charge is 0.507 e. The number of phenols is 1. The Hall–Kier alpha value is -6.05. The number of hydrogen-bond acceptors (Lipinski definition) is 10. The number of fused-ring (bicyclic) bond motifs is 5. The van der Waals surface area contributed by atoms with E-state index in [1.165, 1.54) is 45.2 Å². The van der Waals surface area contributed by atoms with Gasteiger partial charge in [-0.15, -0.1) is 0 Å². The van der Waals surface area contributed by atoms with Crippen molar-refractivity contribution in [3.8, 4) is 33.8 Å². The van der Waals surface area contributed by atoms with Crippen molar-refractivity contribution in [3.05, 3.63) is 107 Å². The molecule has 63 heavy (non-hydrogen) atoms. The normalized spacial score (nSPS) is 17.1. The molecule has 0 aromatic heterocycles. The van der Waals surface area contributed by atoms with Gasteiger partial charge in [-0.25, -0.2) is 4.79 Å². The van der Waals surface area contributed by atoms with Crippen molar-refractivity contribution in [1.29, 1.82) is 0 Å². The fourth-order valence-electron chi connectivity index (χ4n) is 6.96. The van der Waals surface area contributed by atoms with E-state index in [1.807, 2.05) is 12.1 Å². The monoisotopic (exact) mass is 994 g/mol. The molecule has 0 saturated carbocycles. The van der Waals surface area contributed by atoms with Crippen LogP contribution in [0.4, 0.5) is 0 Å². The Labute approximate surface area is 382 Å². The van der Waals surface area contributed by atoms with Gasteiger partial charge in [-0.3, -0.25) is 28.8 Å². The van der Waals surface area contributed by atoms with Crippen molar-refractivity contribution in [2.45, 2.75) is 69.7 Å². The van der Waals surface area contributed by atoms with Crippen molar-refractivity contribution in [2.75, 3.05) is 20.2 Å². The Morgan fingerprint density at radius 3 is 2.21 bits per heavy atom. The van der Waals surface area contributed by atoms with Crippen LogP contribution in [0.5, 0.6) is 11.5 Å². The minimum atomic E-state index is -1.48. The van der Waals surface area contributed by atoms with E-state index in [0.29, 0.717) is 30.0 Å². The number of carboxylic acids is 1. The van der Waals surface area contributed by atoms with Gasteiger partial charge in [-0.2, -0.15) is 0 Å². The molecule has 16 nitrogen and oxygen atoms in total. The average molecular weight is 995 g/mol. The third-order valence-corrected chi connectivity index (χ3v) is 11.6. The number of nitrogens with two attached hydrogens (primary N) is 1. The molecular formula is C45H48ClIN6O10. The van der Waals surface area contributed by atoms with E-state index < -0.39 is 72.3 Å². The smallest absolute Gasteiger partial charge is 0.341 e. The first-order valence-corrected chi connectivity index (χ1v) is 21.5. The van der Waals surface area contributed by atoms with Crippen molar-refractivity contribution in [1.82, 2.24) is 26.2 Å². The summed E-state index contributed by atoms with van der Waals surface area (Å²) in [6, 6.07) is 16.6. The second-order valence-corrected chi connectivity index (χ2v) is 16.6. The summed E-state index contributed by atoms with van der Waals surface area (Å²) in [5.41, 5.74) is 8.65. The van der Waals surface area contributed by atoms with E-state index >= 15 is 0 Å². The fourth-order valence-corrected chi connectivity index (χ4v) is 7.24. The van der Waals surface area contributed by atoms with E-state index in [9.17, 15) is 43.8 Å². The highest BCUT2D eigenvalue weighted by atomic mass is 127. The molecule has 0 aliphatic carbocycles. The number of carboxylic acid groups (broad SMARTS) is 1. The lowest BCUT2D eigenvalue weighted by Gasteiger charge is -2.32. The number of aliphatic carboxylic acids is 1. The molecule has 5 amide bonds. The van der Waals surface area contributed by atoms with Gasteiger partial charge in [0.25, 0.3) is 5.91 Å². The summed E-state index contributed by atoms with van der Waals surface area (Å²) in [4.78, 5) is 94.8.